The van der Waals surface area contributed by atoms with Crippen molar-refractivity contribution in [2.75, 3.05) is 13.6 Å². The Kier molecular flexibility index (Phi) is 5.40. The van der Waals surface area contributed by atoms with E-state index in [9.17, 15) is 0 Å². The maximum absolute atomic E-state index is 5.76. The first-order valence-corrected chi connectivity index (χ1v) is 9.13. The molecule has 0 bridgehead atoms. The predicted molar refractivity (Wildman–Crippen MR) is 109 cm³/mol. The lowest BCUT2D eigenvalue weighted by Crippen LogP contribution is -2.14. The zero-order valence-electron chi connectivity index (χ0n) is 16.3. The van der Waals surface area contributed by atoms with Crippen LogP contribution in [-0.2, 0) is 4.84 Å². The maximum Gasteiger partial charge on any atom is 0.158 e. The third-order valence-electron chi connectivity index (χ3n) is 4.95. The van der Waals surface area contributed by atoms with Crippen LogP contribution < -0.4 is 0 Å². The van der Waals surface area contributed by atoms with Crippen LogP contribution in [-0.4, -0.2) is 30.5 Å². The first-order valence-electron chi connectivity index (χ1n) is 9.13. The van der Waals surface area contributed by atoms with E-state index in [1.807, 2.05) is 13.4 Å². The molecule has 0 amide bonds. The Bertz CT molecular complexity index is 854. The number of hydrogen-bond acceptors (Lipinski definition) is 3. The summed E-state index contributed by atoms with van der Waals surface area (Å²) in [6, 6.07) is 12.7. The van der Waals surface area contributed by atoms with Crippen molar-refractivity contribution in [3.63, 3.8) is 0 Å². The summed E-state index contributed by atoms with van der Waals surface area (Å²) < 4.78 is 0. The van der Waals surface area contributed by atoms with Crippen molar-refractivity contribution in [3.8, 4) is 0 Å². The molecular formula is C22H27N3O. The molecule has 1 aliphatic rings. The zero-order chi connectivity index (χ0) is 18.7. The Morgan fingerprint density at radius 1 is 1.15 bits per heavy atom. The van der Waals surface area contributed by atoms with Crippen molar-refractivity contribution in [2.45, 2.75) is 40.2 Å². The molecule has 4 nitrogen and oxygen atoms in total. The van der Waals surface area contributed by atoms with E-state index >= 15 is 0 Å². The molecule has 1 heterocycles. The molecule has 1 aliphatic heterocycles. The molecule has 3 rings (SSSR count). The summed E-state index contributed by atoms with van der Waals surface area (Å²) >= 11 is 0. The van der Waals surface area contributed by atoms with Gasteiger partial charge in [-0.3, -0.25) is 0 Å². The van der Waals surface area contributed by atoms with Crippen LogP contribution in [0.25, 0.3) is 0 Å². The fourth-order valence-corrected chi connectivity index (χ4v) is 3.14. The van der Waals surface area contributed by atoms with E-state index in [1.54, 1.807) is 0 Å². The summed E-state index contributed by atoms with van der Waals surface area (Å²) in [4.78, 5) is 12.4. The number of aliphatic imine (C=N–C) groups is 1. The molecule has 1 unspecified atom stereocenters. The smallest absolute Gasteiger partial charge is 0.158 e. The van der Waals surface area contributed by atoms with Crippen LogP contribution in [0.3, 0.4) is 0 Å². The van der Waals surface area contributed by atoms with Gasteiger partial charge in [0.25, 0.3) is 0 Å². The van der Waals surface area contributed by atoms with Crippen LogP contribution in [0.2, 0.25) is 0 Å². The van der Waals surface area contributed by atoms with Gasteiger partial charge in [0.1, 0.15) is 0 Å². The van der Waals surface area contributed by atoms with Gasteiger partial charge in [-0.05, 0) is 62.1 Å². The summed E-state index contributed by atoms with van der Waals surface area (Å²) in [7, 11) is 2.02. The van der Waals surface area contributed by atoms with Crippen LogP contribution in [0.4, 0.5) is 5.69 Å². The fourth-order valence-electron chi connectivity index (χ4n) is 3.14. The van der Waals surface area contributed by atoms with Crippen LogP contribution in [0.15, 0.2) is 46.5 Å². The lowest BCUT2D eigenvalue weighted by molar-refractivity contribution is 0.0853. The van der Waals surface area contributed by atoms with Crippen molar-refractivity contribution in [1.82, 2.24) is 4.90 Å². The number of rotatable bonds is 5. The SMILES string of the molecule is CCN(C)C=Nc1cc(C)c(C2=NOC(c3ccccc3C)C2)cc1C. The number of benzene rings is 2. The largest absolute Gasteiger partial charge is 0.387 e. The van der Waals surface area contributed by atoms with Gasteiger partial charge in [0.2, 0.25) is 0 Å². The quantitative estimate of drug-likeness (QED) is 0.557. The molecule has 0 spiro atoms. The topological polar surface area (TPSA) is 37.2 Å². The Balaban J connectivity index is 1.81. The molecule has 0 aromatic heterocycles. The third-order valence-corrected chi connectivity index (χ3v) is 4.95. The van der Waals surface area contributed by atoms with Gasteiger partial charge in [-0.15, -0.1) is 0 Å². The second-order valence-corrected chi connectivity index (χ2v) is 6.96. The maximum atomic E-state index is 5.76. The summed E-state index contributed by atoms with van der Waals surface area (Å²) in [5, 5.41) is 4.39. The Morgan fingerprint density at radius 3 is 2.65 bits per heavy atom. The van der Waals surface area contributed by atoms with Crippen LogP contribution in [0, 0.1) is 20.8 Å². The third kappa shape index (κ3) is 3.79. The van der Waals surface area contributed by atoms with E-state index < -0.39 is 0 Å². The first-order chi connectivity index (χ1) is 12.5. The molecule has 2 aromatic carbocycles. The van der Waals surface area contributed by atoms with Gasteiger partial charge in [-0.1, -0.05) is 29.4 Å². The molecule has 4 heteroatoms. The van der Waals surface area contributed by atoms with Crippen molar-refractivity contribution < 1.29 is 4.84 Å². The summed E-state index contributed by atoms with van der Waals surface area (Å²) in [6.07, 6.45) is 2.68. The van der Waals surface area contributed by atoms with E-state index in [2.05, 4.69) is 79.1 Å². The van der Waals surface area contributed by atoms with E-state index in [1.165, 1.54) is 16.7 Å². The van der Waals surface area contributed by atoms with Gasteiger partial charge in [0, 0.05) is 25.6 Å². The lowest BCUT2D eigenvalue weighted by Gasteiger charge is -2.12. The monoisotopic (exact) mass is 349 g/mol. The molecule has 0 aliphatic carbocycles. The minimum atomic E-state index is 0.00167. The Hall–Kier alpha value is -2.62. The lowest BCUT2D eigenvalue weighted by atomic mass is 9.94. The van der Waals surface area contributed by atoms with Gasteiger partial charge >= 0.3 is 0 Å². The zero-order valence-corrected chi connectivity index (χ0v) is 16.3. The van der Waals surface area contributed by atoms with Gasteiger partial charge in [0.15, 0.2) is 6.10 Å². The molecule has 0 saturated heterocycles. The van der Waals surface area contributed by atoms with Gasteiger partial charge in [-0.2, -0.15) is 0 Å². The molecule has 0 saturated carbocycles. The molecule has 0 N–H and O–H groups in total. The van der Waals surface area contributed by atoms with Crippen molar-refractivity contribution in [3.05, 3.63) is 64.2 Å². The number of hydrogen-bond donors (Lipinski definition) is 0. The second kappa shape index (κ2) is 7.73. The Labute approximate surface area is 156 Å². The van der Waals surface area contributed by atoms with E-state index in [0.29, 0.717) is 0 Å². The highest BCUT2D eigenvalue weighted by Gasteiger charge is 2.26. The normalized spacial score (nSPS) is 16.7. The highest BCUT2D eigenvalue weighted by atomic mass is 16.6. The molecule has 0 radical (unpaired) electrons. The van der Waals surface area contributed by atoms with E-state index in [-0.39, 0.29) is 6.10 Å². The van der Waals surface area contributed by atoms with Crippen LogP contribution in [0.5, 0.6) is 0 Å². The van der Waals surface area contributed by atoms with Crippen LogP contribution in [0.1, 0.15) is 47.3 Å². The number of aryl methyl sites for hydroxylation is 3. The fraction of sp³-hybridized carbons (Fsp3) is 0.364. The molecular weight excluding hydrogens is 322 g/mol. The van der Waals surface area contributed by atoms with Crippen LogP contribution >= 0.6 is 0 Å². The van der Waals surface area contributed by atoms with Crippen molar-refractivity contribution in [1.29, 1.82) is 0 Å². The molecule has 26 heavy (non-hydrogen) atoms. The van der Waals surface area contributed by atoms with E-state index in [0.717, 1.165) is 35.5 Å². The average Bonchev–Trinajstić information content (AvgIpc) is 3.11. The molecule has 1 atom stereocenters. The molecule has 136 valence electrons. The highest BCUT2D eigenvalue weighted by molar-refractivity contribution is 6.03. The number of oxime groups is 1. The van der Waals surface area contributed by atoms with E-state index in [4.69, 9.17) is 4.84 Å². The average molecular weight is 349 g/mol. The predicted octanol–water partition coefficient (Wildman–Crippen LogP) is 5.09. The number of nitrogens with zero attached hydrogens (tertiary/aromatic N) is 3. The minimum absolute atomic E-state index is 0.00167. The minimum Gasteiger partial charge on any atom is -0.387 e. The first kappa shape index (κ1) is 18.2. The summed E-state index contributed by atoms with van der Waals surface area (Å²) in [5.41, 5.74) is 7.95. The Morgan fingerprint density at radius 2 is 1.92 bits per heavy atom. The van der Waals surface area contributed by atoms with Gasteiger partial charge < -0.3 is 9.74 Å². The summed E-state index contributed by atoms with van der Waals surface area (Å²) in [6.45, 7) is 9.37. The van der Waals surface area contributed by atoms with Crippen molar-refractivity contribution >= 4 is 17.7 Å². The van der Waals surface area contributed by atoms with Gasteiger partial charge in [0.05, 0.1) is 17.7 Å². The molecule has 0 fully saturated rings. The summed E-state index contributed by atoms with van der Waals surface area (Å²) in [5.74, 6) is 0. The molecule has 2 aromatic rings. The van der Waals surface area contributed by atoms with Crippen molar-refractivity contribution in [2.24, 2.45) is 10.1 Å². The standard InChI is InChI=1S/C22H27N3O/c1-6-25(5)14-23-20-12-16(3)19(11-17(20)4)21-13-22(26-24-21)18-10-8-7-9-15(18)2/h7-12,14,22H,6,13H2,1-5H3. The highest BCUT2D eigenvalue weighted by Crippen LogP contribution is 2.33. The second-order valence-electron chi connectivity index (χ2n) is 6.96. The van der Waals surface area contributed by atoms with Gasteiger partial charge in [-0.25, -0.2) is 4.99 Å².